The fourth-order valence-corrected chi connectivity index (χ4v) is 2.27. The van der Waals surface area contributed by atoms with Gasteiger partial charge in [-0.2, -0.15) is 4.98 Å². The largest absolute Gasteiger partial charge is 0.393 e. The Morgan fingerprint density at radius 1 is 1.56 bits per heavy atom. The molecule has 18 heavy (non-hydrogen) atoms. The van der Waals surface area contributed by atoms with Crippen LogP contribution in [-0.2, 0) is 0 Å². The molecule has 7 heteroatoms. The summed E-state index contributed by atoms with van der Waals surface area (Å²) in [7, 11) is 0. The van der Waals surface area contributed by atoms with Gasteiger partial charge in [0.05, 0.1) is 11.7 Å². The highest BCUT2D eigenvalue weighted by Gasteiger charge is 2.22. The molecule has 6 nitrogen and oxygen atoms in total. The number of hydrogen-bond acceptors (Lipinski definition) is 5. The summed E-state index contributed by atoms with van der Waals surface area (Å²) in [5, 5.41) is 12.8. The van der Waals surface area contributed by atoms with Crippen molar-refractivity contribution < 1.29 is 9.90 Å². The second-order valence-electron chi connectivity index (χ2n) is 4.43. The molecule has 1 aromatic heterocycles. The van der Waals surface area contributed by atoms with E-state index in [1.807, 2.05) is 0 Å². The minimum Gasteiger partial charge on any atom is -0.393 e. The van der Waals surface area contributed by atoms with Gasteiger partial charge >= 0.3 is 0 Å². The van der Waals surface area contributed by atoms with Gasteiger partial charge in [0.1, 0.15) is 5.82 Å². The van der Waals surface area contributed by atoms with Crippen LogP contribution in [0.15, 0.2) is 6.20 Å². The number of aromatic nitrogens is 2. The predicted molar refractivity (Wildman–Crippen MR) is 67.4 cm³/mol. The van der Waals surface area contributed by atoms with Crippen LogP contribution < -0.4 is 11.1 Å². The molecule has 1 aromatic rings. The highest BCUT2D eigenvalue weighted by Crippen LogP contribution is 2.23. The van der Waals surface area contributed by atoms with Gasteiger partial charge in [0.15, 0.2) is 0 Å². The van der Waals surface area contributed by atoms with E-state index in [4.69, 9.17) is 17.3 Å². The third-order valence-electron chi connectivity index (χ3n) is 3.01. The number of halogens is 1. The normalized spacial score (nSPS) is 23.7. The lowest BCUT2D eigenvalue weighted by molar-refractivity contribution is 0.100. The lowest BCUT2D eigenvalue weighted by atomic mass is 9.93. The van der Waals surface area contributed by atoms with Gasteiger partial charge in [0.25, 0.3) is 5.91 Å². The standard InChI is InChI=1S/C11H15ClN4O2/c12-11-14-5-8(9(13)18)10(16-11)15-6-2-1-3-7(17)4-6/h5-7,17H,1-4H2,(H2,13,18)(H,14,15,16). The highest BCUT2D eigenvalue weighted by atomic mass is 35.5. The molecule has 0 aliphatic heterocycles. The predicted octanol–water partition coefficient (Wildman–Crippen LogP) is 0.944. The first-order chi connectivity index (χ1) is 8.56. The van der Waals surface area contributed by atoms with Gasteiger partial charge < -0.3 is 16.2 Å². The van der Waals surface area contributed by atoms with E-state index in [-0.39, 0.29) is 23.0 Å². The third-order valence-corrected chi connectivity index (χ3v) is 3.19. The SMILES string of the molecule is NC(=O)c1cnc(Cl)nc1NC1CCCC(O)C1. The molecule has 0 spiro atoms. The van der Waals surface area contributed by atoms with Gasteiger partial charge in [-0.05, 0) is 37.3 Å². The number of carbonyl (C=O) groups is 1. The zero-order valence-corrected chi connectivity index (χ0v) is 10.5. The quantitative estimate of drug-likeness (QED) is 0.710. The molecule has 1 heterocycles. The Bertz CT molecular complexity index is 455. The number of anilines is 1. The van der Waals surface area contributed by atoms with Gasteiger partial charge in [-0.15, -0.1) is 0 Å². The number of nitrogens with two attached hydrogens (primary N) is 1. The lowest BCUT2D eigenvalue weighted by Crippen LogP contribution is -2.31. The summed E-state index contributed by atoms with van der Waals surface area (Å²) in [4.78, 5) is 19.0. The minimum atomic E-state index is -0.606. The molecule has 1 fully saturated rings. The Balaban J connectivity index is 2.16. The molecule has 1 saturated carbocycles. The zero-order chi connectivity index (χ0) is 13.1. The van der Waals surface area contributed by atoms with Crippen LogP contribution in [-0.4, -0.2) is 33.1 Å². The van der Waals surface area contributed by atoms with Crippen LogP contribution in [0.5, 0.6) is 0 Å². The summed E-state index contributed by atoms with van der Waals surface area (Å²) in [5.74, 6) is -0.271. The molecule has 2 rings (SSSR count). The van der Waals surface area contributed by atoms with E-state index in [1.54, 1.807) is 0 Å². The number of primary amides is 1. The average Bonchev–Trinajstić information content (AvgIpc) is 2.28. The average molecular weight is 271 g/mol. The van der Waals surface area contributed by atoms with E-state index < -0.39 is 5.91 Å². The molecular weight excluding hydrogens is 256 g/mol. The Morgan fingerprint density at radius 2 is 2.33 bits per heavy atom. The summed E-state index contributed by atoms with van der Waals surface area (Å²) in [6.45, 7) is 0. The van der Waals surface area contributed by atoms with Crippen LogP contribution >= 0.6 is 11.6 Å². The van der Waals surface area contributed by atoms with E-state index in [1.165, 1.54) is 6.20 Å². The van der Waals surface area contributed by atoms with Crippen LogP contribution in [0.25, 0.3) is 0 Å². The van der Waals surface area contributed by atoms with Gasteiger partial charge in [0.2, 0.25) is 5.28 Å². The molecule has 2 atom stereocenters. The summed E-state index contributed by atoms with van der Waals surface area (Å²) in [6, 6.07) is 0.0674. The van der Waals surface area contributed by atoms with Gasteiger partial charge in [0, 0.05) is 12.2 Å². The van der Waals surface area contributed by atoms with Crippen LogP contribution in [0.3, 0.4) is 0 Å². The molecule has 0 bridgehead atoms. The Morgan fingerprint density at radius 3 is 3.00 bits per heavy atom. The van der Waals surface area contributed by atoms with E-state index in [0.29, 0.717) is 12.2 Å². The van der Waals surface area contributed by atoms with E-state index in [0.717, 1.165) is 19.3 Å². The molecular formula is C11H15ClN4O2. The number of hydrogen-bond donors (Lipinski definition) is 3. The number of nitrogens with zero attached hydrogens (tertiary/aromatic N) is 2. The molecule has 0 saturated heterocycles. The minimum absolute atomic E-state index is 0.0545. The number of amides is 1. The smallest absolute Gasteiger partial charge is 0.254 e. The van der Waals surface area contributed by atoms with Gasteiger partial charge in [-0.1, -0.05) is 0 Å². The van der Waals surface area contributed by atoms with Crippen LogP contribution in [0.4, 0.5) is 5.82 Å². The van der Waals surface area contributed by atoms with Gasteiger partial charge in [-0.3, -0.25) is 4.79 Å². The summed E-state index contributed by atoms with van der Waals surface area (Å²) < 4.78 is 0. The van der Waals surface area contributed by atoms with E-state index in [2.05, 4.69) is 15.3 Å². The van der Waals surface area contributed by atoms with Crippen molar-refractivity contribution >= 4 is 23.3 Å². The second kappa shape index (κ2) is 5.49. The summed E-state index contributed by atoms with van der Waals surface area (Å²) >= 11 is 5.70. The molecule has 0 aromatic carbocycles. The van der Waals surface area contributed by atoms with Crippen LogP contribution in [0.1, 0.15) is 36.0 Å². The molecule has 1 aliphatic carbocycles. The monoisotopic (exact) mass is 270 g/mol. The van der Waals surface area contributed by atoms with Crippen molar-refractivity contribution in [2.75, 3.05) is 5.32 Å². The maximum Gasteiger partial charge on any atom is 0.254 e. The molecule has 98 valence electrons. The second-order valence-corrected chi connectivity index (χ2v) is 4.77. The summed E-state index contributed by atoms with van der Waals surface area (Å²) in [5.41, 5.74) is 5.45. The lowest BCUT2D eigenvalue weighted by Gasteiger charge is -2.27. The fraction of sp³-hybridized carbons (Fsp3) is 0.545. The number of aliphatic hydroxyl groups excluding tert-OH is 1. The maximum absolute atomic E-state index is 11.2. The maximum atomic E-state index is 11.2. The first-order valence-electron chi connectivity index (χ1n) is 5.83. The molecule has 1 aliphatic rings. The summed E-state index contributed by atoms with van der Waals surface area (Å²) in [6.07, 6.45) is 4.27. The van der Waals surface area contributed by atoms with E-state index in [9.17, 15) is 9.90 Å². The first kappa shape index (κ1) is 13.0. The van der Waals surface area contributed by atoms with Crippen molar-refractivity contribution in [1.29, 1.82) is 0 Å². The molecule has 0 radical (unpaired) electrons. The zero-order valence-electron chi connectivity index (χ0n) is 9.77. The fourth-order valence-electron chi connectivity index (χ4n) is 2.14. The molecule has 2 unspecified atom stereocenters. The Hall–Kier alpha value is -1.40. The van der Waals surface area contributed by atoms with Crippen molar-refractivity contribution in [2.45, 2.75) is 37.8 Å². The van der Waals surface area contributed by atoms with Crippen molar-refractivity contribution in [2.24, 2.45) is 5.73 Å². The number of carbonyl (C=O) groups excluding carboxylic acids is 1. The third kappa shape index (κ3) is 3.08. The number of rotatable bonds is 3. The van der Waals surface area contributed by atoms with Crippen molar-refractivity contribution in [1.82, 2.24) is 9.97 Å². The van der Waals surface area contributed by atoms with E-state index >= 15 is 0 Å². The number of nitrogens with one attached hydrogen (secondary N) is 1. The Kier molecular flexibility index (Phi) is 3.98. The first-order valence-corrected chi connectivity index (χ1v) is 6.21. The van der Waals surface area contributed by atoms with Crippen LogP contribution in [0, 0.1) is 0 Å². The molecule has 1 amide bonds. The Labute approximate surface area is 110 Å². The number of aliphatic hydroxyl groups is 1. The van der Waals surface area contributed by atoms with Crippen molar-refractivity contribution in [3.63, 3.8) is 0 Å². The van der Waals surface area contributed by atoms with Gasteiger partial charge in [-0.25, -0.2) is 4.98 Å². The highest BCUT2D eigenvalue weighted by molar-refractivity contribution is 6.28. The molecule has 4 N–H and O–H groups in total. The van der Waals surface area contributed by atoms with Crippen molar-refractivity contribution in [3.05, 3.63) is 17.0 Å². The van der Waals surface area contributed by atoms with Crippen molar-refractivity contribution in [3.8, 4) is 0 Å². The topological polar surface area (TPSA) is 101 Å². The van der Waals surface area contributed by atoms with Crippen LogP contribution in [0.2, 0.25) is 5.28 Å².